The van der Waals surface area contributed by atoms with Crippen LogP contribution in [0, 0.1) is 20.8 Å². The number of aryl methyl sites for hydroxylation is 2. The Hall–Kier alpha value is -4.42. The van der Waals surface area contributed by atoms with Crippen LogP contribution < -0.4 is 15.0 Å². The second-order valence-electron chi connectivity index (χ2n) is 9.91. The summed E-state index contributed by atoms with van der Waals surface area (Å²) in [5, 5.41) is 4.25. The predicted molar refractivity (Wildman–Crippen MR) is 161 cm³/mol. The summed E-state index contributed by atoms with van der Waals surface area (Å²) in [6.07, 6.45) is 1.84. The van der Waals surface area contributed by atoms with Gasteiger partial charge in [-0.1, -0.05) is 36.4 Å². The zero-order valence-corrected chi connectivity index (χ0v) is 23.0. The van der Waals surface area contributed by atoms with E-state index < -0.39 is 0 Å². The number of nitrogens with zero attached hydrogens (tertiary/aromatic N) is 3. The van der Waals surface area contributed by atoms with Crippen LogP contribution >= 0.6 is 12.2 Å². The Morgan fingerprint density at radius 1 is 0.769 bits per heavy atom. The minimum Gasteiger partial charge on any atom is -0.457 e. The van der Waals surface area contributed by atoms with Crippen molar-refractivity contribution in [1.82, 2.24) is 14.9 Å². The van der Waals surface area contributed by atoms with Gasteiger partial charge in [-0.3, -0.25) is 4.98 Å². The van der Waals surface area contributed by atoms with E-state index in [2.05, 4.69) is 84.1 Å². The molecule has 6 heteroatoms. The van der Waals surface area contributed by atoms with Crippen LogP contribution in [0.5, 0.6) is 11.5 Å². The van der Waals surface area contributed by atoms with Gasteiger partial charge < -0.3 is 19.5 Å². The molecule has 0 radical (unpaired) electrons. The third-order valence-electron chi connectivity index (χ3n) is 7.24. The number of anilines is 1. The maximum absolute atomic E-state index is 6.04. The largest absolute Gasteiger partial charge is 0.457 e. The number of pyridine rings is 1. The summed E-state index contributed by atoms with van der Waals surface area (Å²) in [6.45, 7) is 6.48. The van der Waals surface area contributed by atoms with E-state index in [4.69, 9.17) is 21.9 Å². The molecular weight excluding hydrogens is 500 g/mol. The fourth-order valence-electron chi connectivity index (χ4n) is 5.50. The summed E-state index contributed by atoms with van der Waals surface area (Å²) in [6, 6.07) is 34.7. The maximum Gasteiger partial charge on any atom is 0.174 e. The second-order valence-corrected chi connectivity index (χ2v) is 10.3. The zero-order chi connectivity index (χ0) is 26.9. The molecule has 5 nitrogen and oxygen atoms in total. The number of nitrogens with one attached hydrogen (secondary N) is 1. The summed E-state index contributed by atoms with van der Waals surface area (Å²) >= 11 is 5.96. The van der Waals surface area contributed by atoms with Gasteiger partial charge in [0.25, 0.3) is 0 Å². The molecule has 6 rings (SSSR count). The molecule has 0 saturated carbocycles. The molecule has 3 heterocycles. The number of rotatable bonds is 6. The van der Waals surface area contributed by atoms with Gasteiger partial charge in [0.15, 0.2) is 5.11 Å². The highest BCUT2D eigenvalue weighted by atomic mass is 32.1. The van der Waals surface area contributed by atoms with Gasteiger partial charge >= 0.3 is 0 Å². The molecule has 1 fully saturated rings. The van der Waals surface area contributed by atoms with E-state index in [1.165, 1.54) is 22.5 Å². The lowest BCUT2D eigenvalue weighted by Crippen LogP contribution is -2.29. The predicted octanol–water partition coefficient (Wildman–Crippen LogP) is 7.77. The molecule has 2 atom stereocenters. The molecule has 3 aromatic carbocycles. The lowest BCUT2D eigenvalue weighted by atomic mass is 9.96. The number of hydrogen-bond donors (Lipinski definition) is 1. The molecule has 39 heavy (non-hydrogen) atoms. The minimum absolute atomic E-state index is 0.0851. The summed E-state index contributed by atoms with van der Waals surface area (Å²) in [5.74, 6) is 1.58. The molecule has 0 amide bonds. The Kier molecular flexibility index (Phi) is 6.63. The molecule has 0 spiro atoms. The van der Waals surface area contributed by atoms with Crippen molar-refractivity contribution in [3.8, 4) is 17.2 Å². The fourth-order valence-corrected chi connectivity index (χ4v) is 5.85. The summed E-state index contributed by atoms with van der Waals surface area (Å²) in [4.78, 5) is 6.92. The van der Waals surface area contributed by atoms with Crippen LogP contribution in [0.3, 0.4) is 0 Å². The maximum atomic E-state index is 6.04. The number of ether oxygens (including phenoxy) is 1. The van der Waals surface area contributed by atoms with Gasteiger partial charge in [-0.25, -0.2) is 0 Å². The van der Waals surface area contributed by atoms with Crippen LogP contribution in [-0.4, -0.2) is 14.7 Å². The molecular formula is C33H30N4OS. The van der Waals surface area contributed by atoms with Crippen molar-refractivity contribution >= 4 is 23.0 Å². The van der Waals surface area contributed by atoms with Gasteiger partial charge in [-0.2, -0.15) is 0 Å². The highest BCUT2D eigenvalue weighted by Crippen LogP contribution is 2.44. The van der Waals surface area contributed by atoms with Crippen molar-refractivity contribution in [2.45, 2.75) is 32.9 Å². The molecule has 0 unspecified atom stereocenters. The zero-order valence-electron chi connectivity index (χ0n) is 22.2. The van der Waals surface area contributed by atoms with Crippen LogP contribution in [0.1, 0.15) is 40.3 Å². The lowest BCUT2D eigenvalue weighted by Gasteiger charge is -2.28. The van der Waals surface area contributed by atoms with Crippen LogP contribution in [0.2, 0.25) is 0 Å². The molecule has 1 aliphatic heterocycles. The van der Waals surface area contributed by atoms with Crippen LogP contribution in [0.4, 0.5) is 5.69 Å². The van der Waals surface area contributed by atoms with Crippen molar-refractivity contribution in [2.24, 2.45) is 0 Å². The molecule has 1 aliphatic rings. The fraction of sp³-hybridized carbons (Fsp3) is 0.152. The third kappa shape index (κ3) is 4.79. The lowest BCUT2D eigenvalue weighted by molar-refractivity contribution is 0.482. The van der Waals surface area contributed by atoms with Crippen molar-refractivity contribution in [3.05, 3.63) is 138 Å². The average Bonchev–Trinajstić information content (AvgIpc) is 3.45. The summed E-state index contributed by atoms with van der Waals surface area (Å²) < 4.78 is 8.37. The molecule has 1 saturated heterocycles. The molecule has 0 bridgehead atoms. The van der Waals surface area contributed by atoms with Crippen LogP contribution in [0.25, 0.3) is 5.69 Å². The Balaban J connectivity index is 1.42. The van der Waals surface area contributed by atoms with Gasteiger partial charge in [-0.15, -0.1) is 0 Å². The Morgan fingerprint density at radius 3 is 2.23 bits per heavy atom. The van der Waals surface area contributed by atoms with Gasteiger partial charge in [0, 0.05) is 29.0 Å². The summed E-state index contributed by atoms with van der Waals surface area (Å²) in [7, 11) is 0. The molecule has 0 aliphatic carbocycles. The first-order valence-electron chi connectivity index (χ1n) is 13.1. The Bertz CT molecular complexity index is 1610. The molecule has 194 valence electrons. The van der Waals surface area contributed by atoms with Gasteiger partial charge in [-0.05, 0) is 111 Å². The van der Waals surface area contributed by atoms with E-state index in [9.17, 15) is 0 Å². The van der Waals surface area contributed by atoms with E-state index in [0.717, 1.165) is 28.6 Å². The first kappa shape index (κ1) is 24.9. The van der Waals surface area contributed by atoms with Gasteiger partial charge in [0.2, 0.25) is 0 Å². The van der Waals surface area contributed by atoms with Crippen LogP contribution in [0.15, 0.2) is 109 Å². The number of thiocarbonyl (C=S) groups is 1. The van der Waals surface area contributed by atoms with E-state index in [-0.39, 0.29) is 12.1 Å². The van der Waals surface area contributed by atoms with Crippen molar-refractivity contribution in [2.75, 3.05) is 4.90 Å². The Morgan fingerprint density at radius 2 is 1.51 bits per heavy atom. The van der Waals surface area contributed by atoms with E-state index >= 15 is 0 Å². The van der Waals surface area contributed by atoms with Gasteiger partial charge in [0.1, 0.15) is 11.5 Å². The first-order chi connectivity index (χ1) is 19.0. The van der Waals surface area contributed by atoms with Crippen molar-refractivity contribution in [1.29, 1.82) is 0 Å². The number of aromatic nitrogens is 2. The van der Waals surface area contributed by atoms with Gasteiger partial charge in [0.05, 0.1) is 17.8 Å². The highest BCUT2D eigenvalue weighted by molar-refractivity contribution is 7.80. The van der Waals surface area contributed by atoms with Crippen molar-refractivity contribution < 1.29 is 4.74 Å². The van der Waals surface area contributed by atoms with Crippen LogP contribution in [-0.2, 0) is 0 Å². The number of benzene rings is 3. The highest BCUT2D eigenvalue weighted by Gasteiger charge is 2.42. The quantitative estimate of drug-likeness (QED) is 0.227. The average molecular weight is 531 g/mol. The van der Waals surface area contributed by atoms with E-state index in [0.29, 0.717) is 5.11 Å². The SMILES string of the molecule is Cc1cccc(-n2c(C)cc([C@@H]3[C@@H](c4ccccn4)NC(=S)N3c3ccc(Oc4ccccc4)cc3)c2C)c1. The second kappa shape index (κ2) is 10.4. The Labute approximate surface area is 234 Å². The number of hydrogen-bond acceptors (Lipinski definition) is 3. The standard InChI is InChI=1S/C33H30N4OS/c1-22-10-9-11-26(20-22)36-23(2)21-29(24(36)3)32-31(30-14-7-8-19-34-30)35-33(39)37(32)25-15-17-28(18-16-25)38-27-12-5-4-6-13-27/h4-21,31-32H,1-3H3,(H,35,39)/t31-,32-/m1/s1. The summed E-state index contributed by atoms with van der Waals surface area (Å²) in [5.41, 5.74) is 7.92. The monoisotopic (exact) mass is 530 g/mol. The first-order valence-corrected chi connectivity index (χ1v) is 13.5. The third-order valence-corrected chi connectivity index (χ3v) is 7.56. The molecule has 1 N–H and O–H groups in total. The minimum atomic E-state index is -0.106. The topological polar surface area (TPSA) is 42.3 Å². The van der Waals surface area contributed by atoms with E-state index in [1.54, 1.807) is 0 Å². The smallest absolute Gasteiger partial charge is 0.174 e. The molecule has 5 aromatic rings. The molecule has 2 aromatic heterocycles. The normalized spacial score (nSPS) is 16.8. The number of para-hydroxylation sites is 1. The van der Waals surface area contributed by atoms with Crippen molar-refractivity contribution in [3.63, 3.8) is 0 Å². The van der Waals surface area contributed by atoms with E-state index in [1.807, 2.05) is 60.8 Å².